The molecular weight excluding hydrogens is 445 g/mol. The molecule has 0 rings (SSSR count). The molecule has 0 fully saturated rings. The second kappa shape index (κ2) is 12.3. The number of carbonyl (C=O) groups is 1. The lowest BCUT2D eigenvalue weighted by Crippen LogP contribution is -2.63. The first kappa shape index (κ1) is 30.0. The first-order chi connectivity index (χ1) is 13.6. The van der Waals surface area contributed by atoms with E-state index in [1.165, 1.54) is 6.08 Å². The lowest BCUT2D eigenvalue weighted by molar-refractivity contribution is -0.131. The summed E-state index contributed by atoms with van der Waals surface area (Å²) in [5.74, 6) is 0.268. The molecule has 0 saturated carbocycles. The summed E-state index contributed by atoms with van der Waals surface area (Å²) in [5.41, 5.74) is 0. The highest BCUT2D eigenvalue weighted by Crippen LogP contribution is 2.36. The van der Waals surface area contributed by atoms with Crippen molar-refractivity contribution in [3.05, 3.63) is 12.7 Å². The van der Waals surface area contributed by atoms with Crippen molar-refractivity contribution >= 4 is 40.0 Å². The summed E-state index contributed by atoms with van der Waals surface area (Å²) in [5, 5.41) is 0. The molecule has 0 aromatic carbocycles. The van der Waals surface area contributed by atoms with Gasteiger partial charge in [-0.2, -0.15) is 0 Å². The summed E-state index contributed by atoms with van der Waals surface area (Å²) in [6, 6.07) is 4.53. The standard InChI is InChI=1S/C21H48O5Si4/c1-13-21(22)23-30(17-19(5)6,18-20(7)8)26-28(12,24-27(9,10)11)25-29(14-2,15-3)16-4/h13,19-20H,1,14-18H2,2-12H3. The van der Waals surface area contributed by atoms with Crippen LogP contribution in [0.4, 0.5) is 0 Å². The van der Waals surface area contributed by atoms with E-state index in [1.54, 1.807) is 0 Å². The van der Waals surface area contributed by atoms with Crippen molar-refractivity contribution in [3.63, 3.8) is 0 Å². The summed E-state index contributed by atoms with van der Waals surface area (Å²) >= 11 is 0. The van der Waals surface area contributed by atoms with Gasteiger partial charge < -0.3 is 16.8 Å². The molecule has 0 amide bonds. The molecule has 5 nitrogen and oxygen atoms in total. The third-order valence-corrected chi connectivity index (χ3v) is 22.5. The van der Waals surface area contributed by atoms with Crippen molar-refractivity contribution in [2.24, 2.45) is 11.8 Å². The molecule has 0 spiro atoms. The average molecular weight is 493 g/mol. The molecule has 178 valence electrons. The van der Waals surface area contributed by atoms with Crippen LogP contribution in [0.15, 0.2) is 12.7 Å². The van der Waals surface area contributed by atoms with E-state index < -0.39 is 40.0 Å². The number of hydrogen-bond donors (Lipinski definition) is 0. The molecule has 0 saturated heterocycles. The largest absolute Gasteiger partial charge is 0.491 e. The van der Waals surface area contributed by atoms with Crippen LogP contribution in [0.3, 0.4) is 0 Å². The summed E-state index contributed by atoms with van der Waals surface area (Å²) in [6.07, 6.45) is 1.24. The molecule has 0 aliphatic rings. The second-order valence-electron chi connectivity index (χ2n) is 10.3. The molecule has 0 aromatic heterocycles. The molecule has 30 heavy (non-hydrogen) atoms. The van der Waals surface area contributed by atoms with Crippen LogP contribution < -0.4 is 0 Å². The lowest BCUT2D eigenvalue weighted by Gasteiger charge is -2.45. The van der Waals surface area contributed by atoms with Gasteiger partial charge in [0.2, 0.25) is 0 Å². The third kappa shape index (κ3) is 10.5. The molecule has 0 N–H and O–H groups in total. The molecule has 0 aliphatic heterocycles. The predicted molar refractivity (Wildman–Crippen MR) is 137 cm³/mol. The van der Waals surface area contributed by atoms with Crippen molar-refractivity contribution in [1.82, 2.24) is 0 Å². The van der Waals surface area contributed by atoms with E-state index in [2.05, 4.69) is 74.7 Å². The van der Waals surface area contributed by atoms with Crippen LogP contribution in [-0.2, 0) is 21.6 Å². The number of carbonyl (C=O) groups excluding carboxylic acids is 1. The SMILES string of the molecule is C=CC(=O)O[Si](CC(C)C)(CC(C)C)O[Si](C)(O[Si](C)(C)C)O[Si](CC)(CC)CC. The van der Waals surface area contributed by atoms with Crippen LogP contribution in [0.1, 0.15) is 48.5 Å². The highest BCUT2D eigenvalue weighted by molar-refractivity contribution is 6.90. The minimum atomic E-state index is -3.06. The quantitative estimate of drug-likeness (QED) is 0.183. The Hall–Kier alpha value is -0.0425. The minimum Gasteiger partial charge on any atom is -0.491 e. The van der Waals surface area contributed by atoms with E-state index in [-0.39, 0.29) is 0 Å². The fourth-order valence-corrected chi connectivity index (χ4v) is 23.3. The predicted octanol–water partition coefficient (Wildman–Crippen LogP) is 6.93. The molecule has 1 unspecified atom stereocenters. The summed E-state index contributed by atoms with van der Waals surface area (Å²) in [4.78, 5) is 12.4. The third-order valence-electron chi connectivity index (χ3n) is 5.09. The normalized spacial score (nSPS) is 15.4. The van der Waals surface area contributed by atoms with Gasteiger partial charge in [-0.1, -0.05) is 55.0 Å². The second-order valence-corrected chi connectivity index (χ2v) is 26.0. The van der Waals surface area contributed by atoms with Crippen LogP contribution in [-0.4, -0.2) is 40.0 Å². The average Bonchev–Trinajstić information content (AvgIpc) is 2.56. The maximum absolute atomic E-state index is 12.4. The fourth-order valence-electron chi connectivity index (χ4n) is 4.06. The van der Waals surface area contributed by atoms with E-state index in [0.29, 0.717) is 11.8 Å². The van der Waals surface area contributed by atoms with Gasteiger partial charge in [-0.05, 0) is 49.6 Å². The molecule has 9 heteroatoms. The first-order valence-electron chi connectivity index (χ1n) is 11.5. The van der Waals surface area contributed by atoms with Crippen molar-refractivity contribution < 1.29 is 21.6 Å². The van der Waals surface area contributed by atoms with Crippen LogP contribution in [0.25, 0.3) is 0 Å². The Balaban J connectivity index is 6.39. The van der Waals surface area contributed by atoms with Crippen molar-refractivity contribution in [3.8, 4) is 0 Å². The monoisotopic (exact) mass is 492 g/mol. The Morgan fingerprint density at radius 1 is 0.833 bits per heavy atom. The summed E-state index contributed by atoms with van der Waals surface area (Å²) in [7, 11) is -9.95. The van der Waals surface area contributed by atoms with Crippen LogP contribution in [0.2, 0.25) is 56.4 Å². The Morgan fingerprint density at radius 2 is 1.27 bits per heavy atom. The van der Waals surface area contributed by atoms with Crippen LogP contribution >= 0.6 is 0 Å². The smallest absolute Gasteiger partial charge is 0.468 e. The molecule has 0 bridgehead atoms. The molecule has 0 aromatic rings. The van der Waals surface area contributed by atoms with Gasteiger partial charge in [-0.15, -0.1) is 0 Å². The van der Waals surface area contributed by atoms with Gasteiger partial charge in [-0.3, -0.25) is 0 Å². The Kier molecular flexibility index (Phi) is 12.2. The van der Waals surface area contributed by atoms with E-state index in [4.69, 9.17) is 16.8 Å². The van der Waals surface area contributed by atoms with E-state index in [0.717, 1.165) is 30.2 Å². The van der Waals surface area contributed by atoms with Gasteiger partial charge in [0.25, 0.3) is 0 Å². The van der Waals surface area contributed by atoms with E-state index in [9.17, 15) is 4.79 Å². The topological polar surface area (TPSA) is 54.0 Å². The number of hydrogen-bond acceptors (Lipinski definition) is 5. The van der Waals surface area contributed by atoms with Crippen molar-refractivity contribution in [2.45, 2.75) is 105 Å². The highest BCUT2D eigenvalue weighted by atomic mass is 28.5. The van der Waals surface area contributed by atoms with Gasteiger partial charge >= 0.3 is 23.3 Å². The highest BCUT2D eigenvalue weighted by Gasteiger charge is 2.54. The van der Waals surface area contributed by atoms with Gasteiger partial charge in [0.15, 0.2) is 16.6 Å². The first-order valence-corrected chi connectivity index (χ1v) is 21.9. The molecule has 1 atom stereocenters. The fraction of sp³-hybridized carbons (Fsp3) is 0.857. The maximum Gasteiger partial charge on any atom is 0.468 e. The van der Waals surface area contributed by atoms with Gasteiger partial charge in [0.1, 0.15) is 0 Å². The summed E-state index contributed by atoms with van der Waals surface area (Å²) in [6.45, 7) is 27.4. The molecule has 0 heterocycles. The van der Waals surface area contributed by atoms with E-state index in [1.807, 2.05) is 6.55 Å². The van der Waals surface area contributed by atoms with Crippen molar-refractivity contribution in [2.75, 3.05) is 0 Å². The zero-order valence-corrected chi connectivity index (χ0v) is 25.5. The zero-order chi connectivity index (χ0) is 23.8. The zero-order valence-electron chi connectivity index (χ0n) is 21.5. The number of rotatable bonds is 15. The molecule has 0 aliphatic carbocycles. The van der Waals surface area contributed by atoms with Gasteiger partial charge in [0.05, 0.1) is 0 Å². The van der Waals surface area contributed by atoms with Gasteiger partial charge in [0, 0.05) is 24.7 Å². The maximum atomic E-state index is 12.4. The Morgan fingerprint density at radius 3 is 1.57 bits per heavy atom. The lowest BCUT2D eigenvalue weighted by atomic mass is 10.3. The Bertz CT molecular complexity index is 526. The van der Waals surface area contributed by atoms with Crippen LogP contribution in [0.5, 0.6) is 0 Å². The molecular formula is C21H48O5Si4. The molecule has 0 radical (unpaired) electrons. The van der Waals surface area contributed by atoms with Crippen LogP contribution in [0, 0.1) is 11.8 Å². The Labute approximate surface area is 190 Å². The minimum absolute atomic E-state index is 0.337. The van der Waals surface area contributed by atoms with E-state index >= 15 is 0 Å². The van der Waals surface area contributed by atoms with Gasteiger partial charge in [-0.25, -0.2) is 4.79 Å². The van der Waals surface area contributed by atoms with Crippen molar-refractivity contribution in [1.29, 1.82) is 0 Å². The summed E-state index contributed by atoms with van der Waals surface area (Å²) < 4.78 is 26.7.